The number of carbonyl (C=O) groups excluding carboxylic acids is 1. The molecule has 3 aromatic rings. The van der Waals surface area contributed by atoms with Gasteiger partial charge in [-0.1, -0.05) is 29.8 Å². The number of anilines is 1. The van der Waals surface area contributed by atoms with Crippen molar-refractivity contribution in [2.45, 2.75) is 6.18 Å². The topological polar surface area (TPSA) is 64.0 Å². The Hall–Kier alpha value is -3.13. The number of carbonyl (C=O) groups is 1. The number of benzene rings is 2. The first-order valence-corrected chi connectivity index (χ1v) is 7.97. The lowest BCUT2D eigenvalue weighted by molar-refractivity contribution is -0.138. The second-order valence-electron chi connectivity index (χ2n) is 5.45. The molecule has 1 N–H and O–H groups in total. The molecule has 0 aliphatic heterocycles. The summed E-state index contributed by atoms with van der Waals surface area (Å²) in [5.41, 5.74) is -2.86. The number of alkyl halides is 3. The van der Waals surface area contributed by atoms with Gasteiger partial charge in [-0.25, -0.2) is 0 Å². The monoisotopic (exact) mass is 393 g/mol. The van der Waals surface area contributed by atoms with Crippen molar-refractivity contribution in [3.8, 4) is 5.69 Å². The average molecular weight is 394 g/mol. The molecule has 0 saturated carbocycles. The number of hydrogen-bond donors (Lipinski definition) is 1. The molecule has 1 amide bonds. The molecule has 0 unspecified atom stereocenters. The maximum atomic E-state index is 13.3. The fraction of sp³-hybridized carbons (Fsp3) is 0.0556. The zero-order valence-electron chi connectivity index (χ0n) is 13.5. The van der Waals surface area contributed by atoms with Crippen molar-refractivity contribution in [2.75, 3.05) is 5.32 Å². The summed E-state index contributed by atoms with van der Waals surface area (Å²) in [6.45, 7) is 0. The van der Waals surface area contributed by atoms with Crippen LogP contribution >= 0.6 is 11.6 Å². The van der Waals surface area contributed by atoms with E-state index < -0.39 is 28.9 Å². The Morgan fingerprint density at radius 1 is 1.04 bits per heavy atom. The third-order valence-electron chi connectivity index (χ3n) is 3.56. The highest BCUT2D eigenvalue weighted by Crippen LogP contribution is 2.30. The largest absolute Gasteiger partial charge is 0.418 e. The van der Waals surface area contributed by atoms with E-state index in [2.05, 4.69) is 10.4 Å². The maximum absolute atomic E-state index is 13.3. The normalized spacial score (nSPS) is 11.3. The molecule has 27 heavy (non-hydrogen) atoms. The number of hydrogen-bond acceptors (Lipinski definition) is 3. The van der Waals surface area contributed by atoms with Crippen LogP contribution in [-0.2, 0) is 6.18 Å². The van der Waals surface area contributed by atoms with Gasteiger partial charge in [0.2, 0.25) is 0 Å². The van der Waals surface area contributed by atoms with Gasteiger partial charge >= 0.3 is 6.18 Å². The van der Waals surface area contributed by atoms with Crippen molar-refractivity contribution in [1.29, 1.82) is 0 Å². The molecular formula is C18H11ClF3N3O2. The maximum Gasteiger partial charge on any atom is 0.418 e. The highest BCUT2D eigenvalue weighted by Gasteiger charge is 2.37. The first-order chi connectivity index (χ1) is 12.8. The number of amides is 1. The molecule has 2 aromatic carbocycles. The lowest BCUT2D eigenvalue weighted by atomic mass is 10.2. The van der Waals surface area contributed by atoms with E-state index in [-0.39, 0.29) is 11.4 Å². The third-order valence-corrected chi connectivity index (χ3v) is 3.81. The number of rotatable bonds is 3. The Morgan fingerprint density at radius 2 is 1.67 bits per heavy atom. The lowest BCUT2D eigenvalue weighted by Crippen LogP contribution is -2.30. The summed E-state index contributed by atoms with van der Waals surface area (Å²) in [7, 11) is 0. The molecule has 5 nitrogen and oxygen atoms in total. The van der Waals surface area contributed by atoms with Gasteiger partial charge < -0.3 is 5.32 Å². The van der Waals surface area contributed by atoms with E-state index in [0.717, 1.165) is 4.68 Å². The summed E-state index contributed by atoms with van der Waals surface area (Å²) in [6, 6.07) is 14.0. The highest BCUT2D eigenvalue weighted by molar-refractivity contribution is 6.30. The number of aromatic nitrogens is 2. The molecule has 0 saturated heterocycles. The van der Waals surface area contributed by atoms with Crippen molar-refractivity contribution in [3.05, 3.63) is 87.3 Å². The van der Waals surface area contributed by atoms with Crippen molar-refractivity contribution in [1.82, 2.24) is 9.78 Å². The van der Waals surface area contributed by atoms with E-state index >= 15 is 0 Å². The first kappa shape index (κ1) is 18.7. The van der Waals surface area contributed by atoms with Crippen molar-refractivity contribution in [3.63, 3.8) is 0 Å². The van der Waals surface area contributed by atoms with E-state index in [1.165, 1.54) is 36.4 Å². The number of nitrogens with zero attached hydrogens (tertiary/aromatic N) is 2. The molecule has 1 heterocycles. The fourth-order valence-corrected chi connectivity index (χ4v) is 2.44. The molecule has 0 atom stereocenters. The zero-order chi connectivity index (χ0) is 19.6. The number of halogens is 4. The van der Waals surface area contributed by atoms with Crippen LogP contribution < -0.4 is 10.9 Å². The molecule has 0 bridgehead atoms. The lowest BCUT2D eigenvalue weighted by Gasteiger charge is -2.14. The predicted octanol–water partition coefficient (Wildman–Crippen LogP) is 4.16. The van der Waals surface area contributed by atoms with E-state index in [1.807, 2.05) is 0 Å². The number of nitrogens with one attached hydrogen (secondary N) is 1. The molecule has 0 radical (unpaired) electrons. The van der Waals surface area contributed by atoms with Gasteiger partial charge in [0.05, 0.1) is 11.3 Å². The Morgan fingerprint density at radius 3 is 2.26 bits per heavy atom. The quantitative estimate of drug-likeness (QED) is 0.726. The van der Waals surface area contributed by atoms with Crippen LogP contribution in [0.25, 0.3) is 5.69 Å². The Bertz CT molecular complexity index is 1030. The molecule has 3 rings (SSSR count). The van der Waals surface area contributed by atoms with Crippen LogP contribution in [0.1, 0.15) is 16.1 Å². The molecule has 9 heteroatoms. The minimum absolute atomic E-state index is 0.233. The van der Waals surface area contributed by atoms with Crippen LogP contribution in [0.15, 0.2) is 65.5 Å². The van der Waals surface area contributed by atoms with Gasteiger partial charge in [0.1, 0.15) is 0 Å². The Kier molecular flexibility index (Phi) is 5.00. The fourth-order valence-electron chi connectivity index (χ4n) is 2.32. The molecule has 138 valence electrons. The summed E-state index contributed by atoms with van der Waals surface area (Å²) >= 11 is 5.74. The van der Waals surface area contributed by atoms with Gasteiger partial charge in [0, 0.05) is 16.8 Å². The van der Waals surface area contributed by atoms with Crippen molar-refractivity contribution < 1.29 is 18.0 Å². The van der Waals surface area contributed by atoms with E-state index in [0.29, 0.717) is 11.1 Å². The van der Waals surface area contributed by atoms with E-state index in [9.17, 15) is 22.8 Å². The summed E-state index contributed by atoms with van der Waals surface area (Å²) in [5, 5.41) is 6.39. The van der Waals surface area contributed by atoms with Crippen LogP contribution in [0.5, 0.6) is 0 Å². The van der Waals surface area contributed by atoms with Crippen LogP contribution in [0, 0.1) is 0 Å². The molecule has 0 spiro atoms. The van der Waals surface area contributed by atoms with Gasteiger partial charge in [0.25, 0.3) is 11.5 Å². The highest BCUT2D eigenvalue weighted by atomic mass is 35.5. The predicted molar refractivity (Wildman–Crippen MR) is 94.2 cm³/mol. The van der Waals surface area contributed by atoms with Crippen LogP contribution in [0.4, 0.5) is 18.9 Å². The second-order valence-corrected chi connectivity index (χ2v) is 5.89. The average Bonchev–Trinajstić information content (AvgIpc) is 2.63. The van der Waals surface area contributed by atoms with Gasteiger partial charge in [0.15, 0.2) is 5.69 Å². The van der Waals surface area contributed by atoms with Crippen LogP contribution in [-0.4, -0.2) is 15.7 Å². The standard InChI is InChI=1S/C18H11ClF3N3O2/c19-11-6-8-12(9-7-11)23-17(27)16-14(18(20,21)22)10-15(26)25(24-16)13-4-2-1-3-5-13/h1-10H,(H,23,27). The molecule has 0 aliphatic carbocycles. The smallest absolute Gasteiger partial charge is 0.321 e. The van der Waals surface area contributed by atoms with Gasteiger partial charge in [-0.2, -0.15) is 23.0 Å². The molecule has 1 aromatic heterocycles. The third kappa shape index (κ3) is 4.17. The van der Waals surface area contributed by atoms with Gasteiger partial charge in [-0.3, -0.25) is 9.59 Å². The number of para-hydroxylation sites is 1. The molecule has 0 fully saturated rings. The minimum Gasteiger partial charge on any atom is -0.321 e. The Labute approximate surface area is 156 Å². The van der Waals surface area contributed by atoms with Crippen molar-refractivity contribution in [2.24, 2.45) is 0 Å². The Balaban J connectivity index is 2.09. The second kappa shape index (κ2) is 7.24. The SMILES string of the molecule is O=C(Nc1ccc(Cl)cc1)c1nn(-c2ccccc2)c(=O)cc1C(F)(F)F. The summed E-state index contributed by atoms with van der Waals surface area (Å²) in [5.74, 6) is -1.10. The van der Waals surface area contributed by atoms with Crippen LogP contribution in [0.2, 0.25) is 5.02 Å². The molecular weight excluding hydrogens is 383 g/mol. The first-order valence-electron chi connectivity index (χ1n) is 7.59. The minimum atomic E-state index is -4.92. The summed E-state index contributed by atoms with van der Waals surface area (Å²) in [6.07, 6.45) is -4.92. The van der Waals surface area contributed by atoms with E-state index in [1.54, 1.807) is 18.2 Å². The summed E-state index contributed by atoms with van der Waals surface area (Å²) < 4.78 is 40.7. The van der Waals surface area contributed by atoms with Crippen molar-refractivity contribution >= 4 is 23.2 Å². The van der Waals surface area contributed by atoms with Gasteiger partial charge in [-0.15, -0.1) is 0 Å². The van der Waals surface area contributed by atoms with E-state index in [4.69, 9.17) is 11.6 Å². The summed E-state index contributed by atoms with van der Waals surface area (Å²) in [4.78, 5) is 24.6. The zero-order valence-corrected chi connectivity index (χ0v) is 14.3. The van der Waals surface area contributed by atoms with Gasteiger partial charge in [-0.05, 0) is 36.4 Å². The molecule has 0 aliphatic rings. The van der Waals surface area contributed by atoms with Crippen LogP contribution in [0.3, 0.4) is 0 Å².